The number of carbonyl (C=O) groups excluding carboxylic acids is 1. The summed E-state index contributed by atoms with van der Waals surface area (Å²) in [6, 6.07) is 12.0. The van der Waals surface area contributed by atoms with Gasteiger partial charge in [0.25, 0.3) is 0 Å². The smallest absolute Gasteiger partial charge is 0.137 e. The van der Waals surface area contributed by atoms with E-state index in [0.717, 1.165) is 12.8 Å². The van der Waals surface area contributed by atoms with Crippen LogP contribution in [0.4, 0.5) is 0 Å². The van der Waals surface area contributed by atoms with Gasteiger partial charge in [-0.3, -0.25) is 4.79 Å². The number of piperidine rings is 1. The molecule has 3 heterocycles. The molecule has 1 aromatic heterocycles. The van der Waals surface area contributed by atoms with Crippen LogP contribution in [0.5, 0.6) is 0 Å². The van der Waals surface area contributed by atoms with Gasteiger partial charge in [-0.1, -0.05) is 31.2 Å². The quantitative estimate of drug-likeness (QED) is 0.926. The minimum Gasteiger partial charge on any atom is -0.357 e. The van der Waals surface area contributed by atoms with Crippen LogP contribution in [0, 0.1) is 5.92 Å². The van der Waals surface area contributed by atoms with Gasteiger partial charge >= 0.3 is 0 Å². The van der Waals surface area contributed by atoms with E-state index in [2.05, 4.69) is 52.6 Å². The fraction of sp³-hybridized carbons (Fsp3) is 0.476. The van der Waals surface area contributed by atoms with Gasteiger partial charge in [0.1, 0.15) is 5.78 Å². The monoisotopic (exact) mass is 322 g/mol. The van der Waals surface area contributed by atoms with Gasteiger partial charge in [-0.25, -0.2) is 0 Å². The van der Waals surface area contributed by atoms with Gasteiger partial charge in [0.05, 0.1) is 0 Å². The van der Waals surface area contributed by atoms with Crippen molar-refractivity contribution in [3.8, 4) is 11.1 Å². The molecule has 0 aliphatic carbocycles. The number of hydrogen-bond acceptors (Lipinski definition) is 2. The molecule has 1 N–H and O–H groups in total. The molecule has 2 bridgehead atoms. The highest BCUT2D eigenvalue weighted by molar-refractivity contribution is 5.83. The first-order valence-electron chi connectivity index (χ1n) is 9.16. The lowest BCUT2D eigenvalue weighted by molar-refractivity contribution is -0.124. The Morgan fingerprint density at radius 2 is 1.96 bits per heavy atom. The average molecular weight is 322 g/mol. The van der Waals surface area contributed by atoms with Gasteiger partial charge < -0.3 is 9.88 Å². The maximum atomic E-state index is 12.6. The molecule has 0 amide bonds. The second-order valence-corrected chi connectivity index (χ2v) is 7.42. The normalized spacial score (nSPS) is 28.9. The first-order chi connectivity index (χ1) is 11.7. The Hall–Kier alpha value is -1.87. The van der Waals surface area contributed by atoms with E-state index in [9.17, 15) is 4.79 Å². The summed E-state index contributed by atoms with van der Waals surface area (Å²) < 4.78 is 2.07. The highest BCUT2D eigenvalue weighted by Gasteiger charge is 2.44. The largest absolute Gasteiger partial charge is 0.357 e. The number of rotatable bonds is 4. The van der Waals surface area contributed by atoms with Crippen molar-refractivity contribution < 1.29 is 4.79 Å². The lowest BCUT2D eigenvalue weighted by Crippen LogP contribution is -2.47. The van der Waals surface area contributed by atoms with E-state index in [1.807, 2.05) is 14.0 Å². The molecular weight excluding hydrogens is 296 g/mol. The lowest BCUT2D eigenvalue weighted by atomic mass is 9.74. The molecule has 3 nitrogen and oxygen atoms in total. The molecule has 126 valence electrons. The van der Waals surface area contributed by atoms with Crippen molar-refractivity contribution in [2.75, 3.05) is 0 Å². The summed E-state index contributed by atoms with van der Waals surface area (Å²) in [5.41, 5.74) is 3.82. The third-order valence-electron chi connectivity index (χ3n) is 5.91. The van der Waals surface area contributed by atoms with E-state index in [1.165, 1.54) is 23.1 Å². The SMILES string of the molecule is CCC(=O)C1C2CCC(CC1c1ccc(-c3ccn(C)c3)cc1)N2. The molecule has 24 heavy (non-hydrogen) atoms. The summed E-state index contributed by atoms with van der Waals surface area (Å²) >= 11 is 0. The van der Waals surface area contributed by atoms with Crippen LogP contribution >= 0.6 is 0 Å². The fourth-order valence-corrected chi connectivity index (χ4v) is 4.68. The average Bonchev–Trinajstić information content (AvgIpc) is 3.20. The summed E-state index contributed by atoms with van der Waals surface area (Å²) in [5, 5.41) is 3.67. The van der Waals surface area contributed by atoms with Crippen molar-refractivity contribution in [3.63, 3.8) is 0 Å². The number of carbonyl (C=O) groups is 1. The van der Waals surface area contributed by atoms with Gasteiger partial charge in [0.2, 0.25) is 0 Å². The predicted molar refractivity (Wildman–Crippen MR) is 96.9 cm³/mol. The number of Topliss-reactive ketones (excluding diaryl/α,β-unsaturated/α-hetero) is 1. The summed E-state index contributed by atoms with van der Waals surface area (Å²) in [7, 11) is 2.05. The summed E-state index contributed by atoms with van der Waals surface area (Å²) in [5.74, 6) is 0.947. The Morgan fingerprint density at radius 3 is 2.62 bits per heavy atom. The van der Waals surface area contributed by atoms with Gasteiger partial charge in [0, 0.05) is 43.9 Å². The zero-order chi connectivity index (χ0) is 16.7. The minimum atomic E-state index is 0.149. The number of benzene rings is 1. The number of aromatic nitrogens is 1. The first-order valence-corrected chi connectivity index (χ1v) is 9.16. The zero-order valence-corrected chi connectivity index (χ0v) is 14.5. The van der Waals surface area contributed by atoms with E-state index >= 15 is 0 Å². The third-order valence-corrected chi connectivity index (χ3v) is 5.91. The van der Waals surface area contributed by atoms with Crippen LogP contribution < -0.4 is 5.32 Å². The molecule has 4 rings (SSSR count). The summed E-state index contributed by atoms with van der Waals surface area (Å²) in [4.78, 5) is 12.6. The van der Waals surface area contributed by atoms with Crippen molar-refractivity contribution >= 4 is 5.78 Å². The Balaban J connectivity index is 1.62. The van der Waals surface area contributed by atoms with Crippen molar-refractivity contribution in [2.24, 2.45) is 13.0 Å². The second-order valence-electron chi connectivity index (χ2n) is 7.42. The van der Waals surface area contributed by atoms with Crippen LogP contribution in [0.25, 0.3) is 11.1 Å². The van der Waals surface area contributed by atoms with Crippen LogP contribution in [0.15, 0.2) is 42.7 Å². The number of ketones is 1. The Bertz CT molecular complexity index is 731. The van der Waals surface area contributed by atoms with Crippen molar-refractivity contribution in [2.45, 2.75) is 50.6 Å². The Morgan fingerprint density at radius 1 is 1.17 bits per heavy atom. The van der Waals surface area contributed by atoms with Gasteiger partial charge in [-0.2, -0.15) is 0 Å². The van der Waals surface area contributed by atoms with E-state index < -0.39 is 0 Å². The van der Waals surface area contributed by atoms with Gasteiger partial charge in [-0.15, -0.1) is 0 Å². The molecule has 0 radical (unpaired) electrons. The number of hydrogen-bond donors (Lipinski definition) is 1. The van der Waals surface area contributed by atoms with Gasteiger partial charge in [-0.05, 0) is 47.9 Å². The molecule has 2 fully saturated rings. The highest BCUT2D eigenvalue weighted by Crippen LogP contribution is 2.42. The molecule has 2 aliphatic rings. The lowest BCUT2D eigenvalue weighted by Gasteiger charge is -2.37. The molecule has 1 aromatic carbocycles. The van der Waals surface area contributed by atoms with Gasteiger partial charge in [0.15, 0.2) is 0 Å². The standard InChI is InChI=1S/C21H26N2O/c1-3-20(24)21-18(12-17-8-9-19(21)22-17)15-6-4-14(5-7-15)16-10-11-23(2)13-16/h4-7,10-11,13,17-19,21-22H,3,8-9,12H2,1-2H3. The van der Waals surface area contributed by atoms with Crippen molar-refractivity contribution in [3.05, 3.63) is 48.3 Å². The molecule has 2 aromatic rings. The van der Waals surface area contributed by atoms with Crippen molar-refractivity contribution in [1.82, 2.24) is 9.88 Å². The number of aryl methyl sites for hydroxylation is 1. The highest BCUT2D eigenvalue weighted by atomic mass is 16.1. The Labute approximate surface area is 144 Å². The summed E-state index contributed by atoms with van der Waals surface area (Å²) in [6.07, 6.45) is 8.33. The predicted octanol–water partition coefficient (Wildman–Crippen LogP) is 3.90. The molecule has 3 heteroatoms. The number of fused-ring (bicyclic) bond motifs is 2. The molecule has 2 aliphatic heterocycles. The maximum absolute atomic E-state index is 12.6. The zero-order valence-electron chi connectivity index (χ0n) is 14.5. The maximum Gasteiger partial charge on any atom is 0.137 e. The van der Waals surface area contributed by atoms with E-state index in [0.29, 0.717) is 30.2 Å². The minimum absolute atomic E-state index is 0.149. The summed E-state index contributed by atoms with van der Waals surface area (Å²) in [6.45, 7) is 2.00. The van der Waals surface area contributed by atoms with Crippen LogP contribution in [0.2, 0.25) is 0 Å². The molecule has 0 saturated carbocycles. The second kappa shape index (κ2) is 6.21. The topological polar surface area (TPSA) is 34.0 Å². The molecular formula is C21H26N2O. The number of nitrogens with one attached hydrogen (secondary N) is 1. The molecule has 0 spiro atoms. The Kier molecular flexibility index (Phi) is 4.05. The third kappa shape index (κ3) is 2.71. The molecule has 2 saturated heterocycles. The van der Waals surface area contributed by atoms with E-state index in [1.54, 1.807) is 0 Å². The number of nitrogens with zero attached hydrogens (tertiary/aromatic N) is 1. The van der Waals surface area contributed by atoms with E-state index in [-0.39, 0.29) is 5.92 Å². The van der Waals surface area contributed by atoms with Crippen LogP contribution in [0.1, 0.15) is 44.1 Å². The van der Waals surface area contributed by atoms with Crippen molar-refractivity contribution in [1.29, 1.82) is 0 Å². The molecule has 4 atom stereocenters. The van der Waals surface area contributed by atoms with Crippen LogP contribution in [-0.4, -0.2) is 22.4 Å². The molecule has 4 unspecified atom stereocenters. The van der Waals surface area contributed by atoms with Crippen LogP contribution in [0.3, 0.4) is 0 Å². The first kappa shape index (κ1) is 15.6. The van der Waals surface area contributed by atoms with Crippen LogP contribution in [-0.2, 0) is 11.8 Å². The fourth-order valence-electron chi connectivity index (χ4n) is 4.68. The van der Waals surface area contributed by atoms with E-state index in [4.69, 9.17) is 0 Å².